The summed E-state index contributed by atoms with van der Waals surface area (Å²) in [5, 5.41) is 9.39. The van der Waals surface area contributed by atoms with Crippen LogP contribution in [0.1, 0.15) is 22.3 Å². The highest BCUT2D eigenvalue weighted by Gasteiger charge is 2.47. The first-order chi connectivity index (χ1) is 29.2. The van der Waals surface area contributed by atoms with Crippen LogP contribution in [0.4, 0.5) is 0 Å². The van der Waals surface area contributed by atoms with Crippen molar-refractivity contribution in [3.63, 3.8) is 0 Å². The molecule has 2 heterocycles. The summed E-state index contributed by atoms with van der Waals surface area (Å²) in [6, 6.07) is 75.3. The third-order valence-corrected chi connectivity index (χ3v) is 12.9. The van der Waals surface area contributed by atoms with Crippen LogP contribution in [0.25, 0.3) is 98.8 Å². The molecule has 2 aromatic heterocycles. The van der Waals surface area contributed by atoms with E-state index in [2.05, 4.69) is 194 Å². The molecule has 0 spiro atoms. The molecule has 0 radical (unpaired) electrons. The summed E-state index contributed by atoms with van der Waals surface area (Å²) >= 11 is 0. The van der Waals surface area contributed by atoms with Crippen LogP contribution in [0.3, 0.4) is 0 Å². The fraction of sp³-hybridized carbons (Fsp3) is 0.0175. The van der Waals surface area contributed by atoms with Crippen molar-refractivity contribution in [2.45, 2.75) is 5.41 Å². The van der Waals surface area contributed by atoms with Gasteiger partial charge in [-0.15, -0.1) is 0 Å². The molecular weight excluding hydrogens is 717 g/mol. The first kappa shape index (κ1) is 32.4. The molecule has 0 fully saturated rings. The van der Waals surface area contributed by atoms with Crippen LogP contribution < -0.4 is 0 Å². The van der Waals surface area contributed by atoms with Crippen LogP contribution in [-0.4, -0.2) is 0 Å². The zero-order valence-electron chi connectivity index (χ0n) is 31.9. The summed E-state index contributed by atoms with van der Waals surface area (Å²) < 4.78 is 12.8. The molecule has 10 aromatic carbocycles. The van der Waals surface area contributed by atoms with Crippen LogP contribution >= 0.6 is 0 Å². The zero-order chi connectivity index (χ0) is 38.7. The van der Waals surface area contributed by atoms with Gasteiger partial charge in [0.25, 0.3) is 0 Å². The summed E-state index contributed by atoms with van der Waals surface area (Å²) in [5.74, 6) is 0. The van der Waals surface area contributed by atoms with Crippen molar-refractivity contribution in [2.24, 2.45) is 0 Å². The topological polar surface area (TPSA) is 26.3 Å². The minimum atomic E-state index is -0.530. The molecule has 2 heteroatoms. The molecule has 0 bridgehead atoms. The second kappa shape index (κ2) is 12.2. The molecule has 0 N–H and O–H groups in total. The molecule has 0 amide bonds. The van der Waals surface area contributed by atoms with Gasteiger partial charge < -0.3 is 8.83 Å². The average Bonchev–Trinajstić information content (AvgIpc) is 3.96. The summed E-state index contributed by atoms with van der Waals surface area (Å²) in [4.78, 5) is 0. The normalized spacial score (nSPS) is 13.2. The molecular formula is C57H34O2. The van der Waals surface area contributed by atoms with Crippen molar-refractivity contribution in [1.29, 1.82) is 0 Å². The standard InChI is InChI=1S/C57H34O2/c1-3-15-39(16-4-1)57(40-17-5-2-6-18-40)49-28-25-38(42-21-12-24-53-56(42)48-31-35-13-7-8-14-36(35)34-54(48)59-53)33-47(49)55-45-22-11-20-41(43(45)27-29-50(55)57)37-26-30-52-46(32-37)44-19-9-10-23-51(44)58-52/h1-34H. The molecule has 13 rings (SSSR count). The second-order valence-corrected chi connectivity index (χ2v) is 15.9. The van der Waals surface area contributed by atoms with Gasteiger partial charge in [0, 0.05) is 21.5 Å². The Balaban J connectivity index is 1.11. The lowest BCUT2D eigenvalue weighted by Crippen LogP contribution is -2.28. The molecule has 0 atom stereocenters. The SMILES string of the molecule is c1ccc(C2(c3ccccc3)c3ccc(-c4cccc5oc6cc7ccccc7cc6c45)cc3-c3c2ccc2c(-c4ccc5oc6ccccc6c5c4)cccc32)cc1. The second-order valence-electron chi connectivity index (χ2n) is 15.9. The smallest absolute Gasteiger partial charge is 0.136 e. The van der Waals surface area contributed by atoms with E-state index >= 15 is 0 Å². The molecule has 0 unspecified atom stereocenters. The molecule has 274 valence electrons. The number of hydrogen-bond donors (Lipinski definition) is 0. The van der Waals surface area contributed by atoms with E-state index in [1.165, 1.54) is 77.2 Å². The van der Waals surface area contributed by atoms with Crippen molar-refractivity contribution in [1.82, 2.24) is 0 Å². The van der Waals surface area contributed by atoms with E-state index in [-0.39, 0.29) is 0 Å². The van der Waals surface area contributed by atoms with Crippen LogP contribution in [0, 0.1) is 0 Å². The minimum absolute atomic E-state index is 0.530. The van der Waals surface area contributed by atoms with Gasteiger partial charge in [-0.2, -0.15) is 0 Å². The summed E-state index contributed by atoms with van der Waals surface area (Å²) in [5.41, 5.74) is 15.4. The molecule has 12 aromatic rings. The summed E-state index contributed by atoms with van der Waals surface area (Å²) in [6.45, 7) is 0. The monoisotopic (exact) mass is 750 g/mol. The average molecular weight is 751 g/mol. The minimum Gasteiger partial charge on any atom is -0.456 e. The fourth-order valence-electron chi connectivity index (χ4n) is 10.4. The third-order valence-electron chi connectivity index (χ3n) is 12.9. The highest BCUT2D eigenvalue weighted by Crippen LogP contribution is 2.59. The van der Waals surface area contributed by atoms with Gasteiger partial charge >= 0.3 is 0 Å². The summed E-state index contributed by atoms with van der Waals surface area (Å²) in [7, 11) is 0. The van der Waals surface area contributed by atoms with Crippen LogP contribution in [0.15, 0.2) is 215 Å². The Morgan fingerprint density at radius 2 is 0.915 bits per heavy atom. The van der Waals surface area contributed by atoms with Gasteiger partial charge in [0.05, 0.1) is 5.41 Å². The van der Waals surface area contributed by atoms with Gasteiger partial charge in [0.2, 0.25) is 0 Å². The zero-order valence-corrected chi connectivity index (χ0v) is 31.9. The number of fused-ring (bicyclic) bond motifs is 12. The van der Waals surface area contributed by atoms with Gasteiger partial charge in [-0.3, -0.25) is 0 Å². The number of benzene rings is 10. The van der Waals surface area contributed by atoms with Crippen LogP contribution in [0.5, 0.6) is 0 Å². The van der Waals surface area contributed by atoms with Gasteiger partial charge in [-0.1, -0.05) is 164 Å². The predicted molar refractivity (Wildman–Crippen MR) is 244 cm³/mol. The lowest BCUT2D eigenvalue weighted by atomic mass is 9.67. The van der Waals surface area contributed by atoms with Crippen molar-refractivity contribution in [3.8, 4) is 33.4 Å². The van der Waals surface area contributed by atoms with E-state index in [0.717, 1.165) is 43.9 Å². The molecule has 59 heavy (non-hydrogen) atoms. The lowest BCUT2D eigenvalue weighted by Gasteiger charge is -2.34. The van der Waals surface area contributed by atoms with Gasteiger partial charge in [-0.25, -0.2) is 0 Å². The first-order valence-corrected chi connectivity index (χ1v) is 20.3. The molecule has 0 saturated carbocycles. The Bertz CT molecular complexity index is 3620. The Morgan fingerprint density at radius 3 is 1.75 bits per heavy atom. The number of para-hydroxylation sites is 1. The number of hydrogen-bond acceptors (Lipinski definition) is 2. The third kappa shape index (κ3) is 4.51. The largest absolute Gasteiger partial charge is 0.456 e. The number of rotatable bonds is 4. The molecule has 1 aliphatic rings. The fourth-order valence-corrected chi connectivity index (χ4v) is 10.4. The molecule has 0 saturated heterocycles. The maximum Gasteiger partial charge on any atom is 0.136 e. The van der Waals surface area contributed by atoms with Crippen molar-refractivity contribution in [3.05, 3.63) is 229 Å². The van der Waals surface area contributed by atoms with Crippen molar-refractivity contribution in [2.75, 3.05) is 0 Å². The van der Waals surface area contributed by atoms with Gasteiger partial charge in [0.15, 0.2) is 0 Å². The van der Waals surface area contributed by atoms with Crippen LogP contribution in [0.2, 0.25) is 0 Å². The molecule has 0 aliphatic heterocycles. The maximum absolute atomic E-state index is 6.57. The Hall–Kier alpha value is -7.68. The van der Waals surface area contributed by atoms with Crippen LogP contribution in [-0.2, 0) is 5.41 Å². The van der Waals surface area contributed by atoms with E-state index in [4.69, 9.17) is 8.83 Å². The van der Waals surface area contributed by atoms with E-state index in [1.807, 2.05) is 12.1 Å². The van der Waals surface area contributed by atoms with Crippen molar-refractivity contribution < 1.29 is 8.83 Å². The van der Waals surface area contributed by atoms with E-state index in [1.54, 1.807) is 0 Å². The lowest BCUT2D eigenvalue weighted by molar-refractivity contribution is 0.669. The Morgan fingerprint density at radius 1 is 0.305 bits per heavy atom. The van der Waals surface area contributed by atoms with Crippen molar-refractivity contribution >= 4 is 65.4 Å². The van der Waals surface area contributed by atoms with E-state index < -0.39 is 5.41 Å². The molecule has 1 aliphatic carbocycles. The highest BCUT2D eigenvalue weighted by molar-refractivity contribution is 6.17. The molecule has 2 nitrogen and oxygen atoms in total. The quantitative estimate of drug-likeness (QED) is 0.179. The van der Waals surface area contributed by atoms with E-state index in [9.17, 15) is 0 Å². The highest BCUT2D eigenvalue weighted by atomic mass is 16.3. The Kier molecular flexibility index (Phi) is 6.68. The van der Waals surface area contributed by atoms with Gasteiger partial charge in [-0.05, 0) is 120 Å². The predicted octanol–water partition coefficient (Wildman–Crippen LogP) is 15.5. The van der Waals surface area contributed by atoms with E-state index in [0.29, 0.717) is 0 Å². The maximum atomic E-state index is 6.57. The number of furan rings is 2. The van der Waals surface area contributed by atoms with Gasteiger partial charge in [0.1, 0.15) is 22.3 Å². The summed E-state index contributed by atoms with van der Waals surface area (Å²) in [6.07, 6.45) is 0. The Labute approximate surface area is 340 Å². The first-order valence-electron chi connectivity index (χ1n) is 20.3.